The van der Waals surface area contributed by atoms with Crippen LogP contribution in [0.15, 0.2) is 24.3 Å². The van der Waals surface area contributed by atoms with Crippen LogP contribution in [0, 0.1) is 0 Å². The Labute approximate surface area is 136 Å². The summed E-state index contributed by atoms with van der Waals surface area (Å²) < 4.78 is 0. The second-order valence-electron chi connectivity index (χ2n) is 7.08. The quantitative estimate of drug-likeness (QED) is 0.788. The molecule has 0 aromatic heterocycles. The predicted octanol–water partition coefficient (Wildman–Crippen LogP) is 2.45. The fraction of sp³-hybridized carbons (Fsp3) is 0.500. The number of carbonyl (C=O) groups is 3. The number of benzene rings is 1. The number of hydrogen-bond donors (Lipinski definition) is 0. The van der Waals surface area contributed by atoms with Crippen molar-refractivity contribution in [1.29, 1.82) is 0 Å². The first-order chi connectivity index (χ1) is 10.8. The van der Waals surface area contributed by atoms with Gasteiger partial charge in [0.1, 0.15) is 6.54 Å². The first-order valence-electron chi connectivity index (χ1n) is 8.06. The van der Waals surface area contributed by atoms with Gasteiger partial charge in [0.25, 0.3) is 0 Å². The van der Waals surface area contributed by atoms with Crippen molar-refractivity contribution < 1.29 is 14.4 Å². The van der Waals surface area contributed by atoms with E-state index in [9.17, 15) is 14.4 Å². The lowest BCUT2D eigenvalue weighted by molar-refractivity contribution is -0.142. The Bertz CT molecular complexity index is 665. The highest BCUT2D eigenvalue weighted by Crippen LogP contribution is 2.43. The second kappa shape index (κ2) is 5.48. The molecular formula is C18H22N2O3. The minimum atomic E-state index is -0.351. The van der Waals surface area contributed by atoms with Crippen molar-refractivity contribution in [1.82, 2.24) is 4.90 Å². The van der Waals surface area contributed by atoms with Crippen molar-refractivity contribution in [3.8, 4) is 0 Å². The van der Waals surface area contributed by atoms with E-state index in [0.29, 0.717) is 5.92 Å². The van der Waals surface area contributed by atoms with Crippen LogP contribution < -0.4 is 4.90 Å². The molecular weight excluding hydrogens is 292 g/mol. The Morgan fingerprint density at radius 1 is 1.17 bits per heavy atom. The van der Waals surface area contributed by atoms with Crippen LogP contribution >= 0.6 is 0 Å². The summed E-state index contributed by atoms with van der Waals surface area (Å²) in [5.41, 5.74) is 1.68. The highest BCUT2D eigenvalue weighted by Gasteiger charge is 2.41. The van der Waals surface area contributed by atoms with Crippen LogP contribution in [0.4, 0.5) is 5.69 Å². The van der Waals surface area contributed by atoms with Gasteiger partial charge in [0.15, 0.2) is 0 Å². The van der Waals surface area contributed by atoms with E-state index in [0.717, 1.165) is 22.6 Å². The summed E-state index contributed by atoms with van der Waals surface area (Å²) in [6.45, 7) is 6.07. The summed E-state index contributed by atoms with van der Waals surface area (Å²) in [5.74, 6) is -0.335. The molecule has 5 heteroatoms. The number of carbonyl (C=O) groups excluding carboxylic acids is 3. The van der Waals surface area contributed by atoms with Gasteiger partial charge in [0.05, 0.1) is 0 Å². The largest absolute Gasteiger partial charge is 0.305 e. The lowest BCUT2D eigenvalue weighted by Crippen LogP contribution is -2.55. The minimum absolute atomic E-state index is 0.163. The molecule has 2 aliphatic rings. The van der Waals surface area contributed by atoms with Crippen LogP contribution in [0.5, 0.6) is 0 Å². The van der Waals surface area contributed by atoms with Crippen molar-refractivity contribution in [2.45, 2.75) is 51.5 Å². The normalized spacial score (nSPS) is 23.2. The summed E-state index contributed by atoms with van der Waals surface area (Å²) in [7, 11) is 0. The van der Waals surface area contributed by atoms with E-state index in [4.69, 9.17) is 0 Å². The zero-order valence-electron chi connectivity index (χ0n) is 13.8. The zero-order valence-corrected chi connectivity index (χ0v) is 13.8. The van der Waals surface area contributed by atoms with E-state index >= 15 is 0 Å². The van der Waals surface area contributed by atoms with Gasteiger partial charge in [-0.2, -0.15) is 0 Å². The Balaban J connectivity index is 1.93. The van der Waals surface area contributed by atoms with Gasteiger partial charge in [-0.1, -0.05) is 25.1 Å². The Kier molecular flexibility index (Phi) is 3.74. The highest BCUT2D eigenvalue weighted by atomic mass is 16.2. The number of anilines is 1. The van der Waals surface area contributed by atoms with Gasteiger partial charge >= 0.3 is 0 Å². The van der Waals surface area contributed by atoms with E-state index in [1.807, 2.05) is 38.1 Å². The molecule has 122 valence electrons. The third-order valence-electron chi connectivity index (χ3n) is 4.82. The molecule has 0 spiro atoms. The van der Waals surface area contributed by atoms with Crippen molar-refractivity contribution in [2.75, 3.05) is 11.4 Å². The summed E-state index contributed by atoms with van der Waals surface area (Å²) in [6.07, 6.45) is 1.27. The Hall–Kier alpha value is -2.17. The molecule has 1 aromatic carbocycles. The standard InChI is InChI=1S/C18H22N2O3/c1-12-10-18(2,3)20(14-7-5-4-6-13(12)14)17(23)11-19-15(21)8-9-16(19)22/h4-7,12H,8-11H2,1-3H3/t12-/m0/s1. The average molecular weight is 314 g/mol. The molecule has 2 heterocycles. The van der Waals surface area contributed by atoms with Crippen molar-refractivity contribution in [3.63, 3.8) is 0 Å². The second-order valence-corrected chi connectivity index (χ2v) is 7.08. The molecule has 3 rings (SSSR count). The van der Waals surface area contributed by atoms with Gasteiger partial charge < -0.3 is 4.90 Å². The van der Waals surface area contributed by atoms with Gasteiger partial charge in [0, 0.05) is 24.1 Å². The number of amides is 3. The topological polar surface area (TPSA) is 57.7 Å². The minimum Gasteiger partial charge on any atom is -0.305 e. The van der Waals surface area contributed by atoms with Gasteiger partial charge in [-0.3, -0.25) is 19.3 Å². The SMILES string of the molecule is C[C@H]1CC(C)(C)N(C(=O)CN2C(=O)CCC2=O)c2ccccc21. The number of nitrogens with zero attached hydrogens (tertiary/aromatic N) is 2. The molecule has 0 aliphatic carbocycles. The molecule has 0 N–H and O–H groups in total. The van der Waals surface area contributed by atoms with Crippen LogP contribution in [0.25, 0.3) is 0 Å². The molecule has 5 nitrogen and oxygen atoms in total. The number of para-hydroxylation sites is 1. The molecule has 1 atom stereocenters. The number of likely N-dealkylation sites (tertiary alicyclic amines) is 1. The molecule has 1 saturated heterocycles. The summed E-state index contributed by atoms with van der Waals surface area (Å²) in [5, 5.41) is 0. The van der Waals surface area contributed by atoms with Crippen LogP contribution in [0.1, 0.15) is 51.5 Å². The lowest BCUT2D eigenvalue weighted by Gasteiger charge is -2.46. The fourth-order valence-corrected chi connectivity index (χ4v) is 3.86. The van der Waals surface area contributed by atoms with Crippen LogP contribution in [0.3, 0.4) is 0 Å². The van der Waals surface area contributed by atoms with Crippen LogP contribution in [-0.4, -0.2) is 34.7 Å². The van der Waals surface area contributed by atoms with Crippen LogP contribution in [0.2, 0.25) is 0 Å². The molecule has 0 unspecified atom stereocenters. The van der Waals surface area contributed by atoms with E-state index in [-0.39, 0.29) is 42.6 Å². The smallest absolute Gasteiger partial charge is 0.247 e. The van der Waals surface area contributed by atoms with E-state index < -0.39 is 0 Å². The number of hydrogen-bond acceptors (Lipinski definition) is 3. The molecule has 3 amide bonds. The first kappa shape index (κ1) is 15.7. The summed E-state index contributed by atoms with van der Waals surface area (Å²) in [4.78, 5) is 39.4. The van der Waals surface area contributed by atoms with Gasteiger partial charge in [-0.05, 0) is 37.8 Å². The highest BCUT2D eigenvalue weighted by molar-refractivity contribution is 6.07. The van der Waals surface area contributed by atoms with Crippen molar-refractivity contribution in [2.24, 2.45) is 0 Å². The molecule has 0 bridgehead atoms. The lowest BCUT2D eigenvalue weighted by atomic mass is 9.80. The fourth-order valence-electron chi connectivity index (χ4n) is 3.86. The van der Waals surface area contributed by atoms with E-state index in [1.165, 1.54) is 0 Å². The maximum absolute atomic E-state index is 12.9. The maximum atomic E-state index is 12.9. The first-order valence-corrected chi connectivity index (χ1v) is 8.06. The average Bonchev–Trinajstić information content (AvgIpc) is 2.78. The molecule has 1 aromatic rings. The maximum Gasteiger partial charge on any atom is 0.247 e. The molecule has 23 heavy (non-hydrogen) atoms. The summed E-state index contributed by atoms with van der Waals surface area (Å²) >= 11 is 0. The number of imide groups is 1. The monoisotopic (exact) mass is 314 g/mol. The molecule has 0 radical (unpaired) electrons. The van der Waals surface area contributed by atoms with E-state index in [2.05, 4.69) is 6.92 Å². The summed E-state index contributed by atoms with van der Waals surface area (Å²) in [6, 6.07) is 7.88. The Morgan fingerprint density at radius 2 is 1.78 bits per heavy atom. The van der Waals surface area contributed by atoms with E-state index in [1.54, 1.807) is 4.90 Å². The predicted molar refractivity (Wildman–Crippen MR) is 87.0 cm³/mol. The molecule has 1 fully saturated rings. The van der Waals surface area contributed by atoms with Gasteiger partial charge in [-0.15, -0.1) is 0 Å². The van der Waals surface area contributed by atoms with Gasteiger partial charge in [-0.25, -0.2) is 0 Å². The molecule has 2 aliphatic heterocycles. The Morgan fingerprint density at radius 3 is 2.43 bits per heavy atom. The zero-order chi connectivity index (χ0) is 16.8. The number of fused-ring (bicyclic) bond motifs is 1. The third kappa shape index (κ3) is 2.64. The molecule has 0 saturated carbocycles. The van der Waals surface area contributed by atoms with Gasteiger partial charge in [0.2, 0.25) is 17.7 Å². The van der Waals surface area contributed by atoms with Crippen molar-refractivity contribution >= 4 is 23.4 Å². The van der Waals surface area contributed by atoms with Crippen molar-refractivity contribution in [3.05, 3.63) is 29.8 Å². The number of rotatable bonds is 2. The third-order valence-corrected chi connectivity index (χ3v) is 4.82. The van der Waals surface area contributed by atoms with Crippen LogP contribution in [-0.2, 0) is 14.4 Å².